The van der Waals surface area contributed by atoms with E-state index in [2.05, 4.69) is 22.7 Å². The number of carbonyl (C=O) groups excluding carboxylic acids is 1. The van der Waals surface area contributed by atoms with E-state index in [1.54, 1.807) is 4.68 Å². The summed E-state index contributed by atoms with van der Waals surface area (Å²) in [5.41, 5.74) is 0. The highest BCUT2D eigenvalue weighted by Gasteiger charge is 2.24. The molecule has 2 atom stereocenters. The summed E-state index contributed by atoms with van der Waals surface area (Å²) >= 11 is 0. The number of aryl methyl sites for hydroxylation is 1. The summed E-state index contributed by atoms with van der Waals surface area (Å²) in [6.07, 6.45) is 3.63. The van der Waals surface area contributed by atoms with Crippen LogP contribution in [0.15, 0.2) is 12.3 Å². The molecule has 2 unspecified atom stereocenters. The molecule has 1 aromatic heterocycles. The highest BCUT2D eigenvalue weighted by Crippen LogP contribution is 2.17. The molecule has 0 bridgehead atoms. The molecule has 1 fully saturated rings. The van der Waals surface area contributed by atoms with Gasteiger partial charge in [-0.1, -0.05) is 0 Å². The average molecular weight is 222 g/mol. The van der Waals surface area contributed by atoms with Crippen LogP contribution < -0.4 is 10.6 Å². The Kier molecular flexibility index (Phi) is 3.24. The van der Waals surface area contributed by atoms with Gasteiger partial charge < -0.3 is 10.6 Å². The highest BCUT2D eigenvalue weighted by atomic mass is 16.2. The first-order valence-corrected chi connectivity index (χ1v) is 5.69. The van der Waals surface area contributed by atoms with Gasteiger partial charge in [0.15, 0.2) is 5.82 Å². The quantitative estimate of drug-likeness (QED) is 0.776. The lowest BCUT2D eigenvalue weighted by molar-refractivity contribution is -0.120. The predicted molar refractivity (Wildman–Crippen MR) is 62.0 cm³/mol. The Bertz CT molecular complexity index is 374. The maximum Gasteiger partial charge on any atom is 0.228 e. The summed E-state index contributed by atoms with van der Waals surface area (Å²) < 4.78 is 1.68. The Morgan fingerprint density at radius 1 is 1.69 bits per heavy atom. The third-order valence-corrected chi connectivity index (χ3v) is 2.96. The van der Waals surface area contributed by atoms with Crippen molar-refractivity contribution in [3.8, 4) is 0 Å². The Labute approximate surface area is 95.2 Å². The van der Waals surface area contributed by atoms with Gasteiger partial charge >= 0.3 is 0 Å². The van der Waals surface area contributed by atoms with Gasteiger partial charge in [0.25, 0.3) is 0 Å². The van der Waals surface area contributed by atoms with E-state index in [-0.39, 0.29) is 11.8 Å². The number of piperidine rings is 1. The molecular weight excluding hydrogens is 204 g/mol. The minimum Gasteiger partial charge on any atom is -0.314 e. The molecule has 0 radical (unpaired) electrons. The van der Waals surface area contributed by atoms with Crippen LogP contribution in [0.2, 0.25) is 0 Å². The van der Waals surface area contributed by atoms with Crippen LogP contribution in [0.25, 0.3) is 0 Å². The van der Waals surface area contributed by atoms with Crippen molar-refractivity contribution in [1.29, 1.82) is 0 Å². The monoisotopic (exact) mass is 222 g/mol. The molecule has 1 aliphatic heterocycles. The SMILES string of the molecule is CC1CC(C(=O)Nc2ccn(C)n2)CCN1. The molecule has 2 rings (SSSR count). The van der Waals surface area contributed by atoms with E-state index in [0.717, 1.165) is 19.4 Å². The first kappa shape index (κ1) is 11.1. The molecule has 1 saturated heterocycles. The maximum atomic E-state index is 11.9. The minimum atomic E-state index is 0.0899. The maximum absolute atomic E-state index is 11.9. The van der Waals surface area contributed by atoms with Gasteiger partial charge in [0.2, 0.25) is 5.91 Å². The standard InChI is InChI=1S/C11H18N4O/c1-8-7-9(3-5-12-8)11(16)13-10-4-6-15(2)14-10/h4,6,8-9,12H,3,5,7H2,1-2H3,(H,13,14,16). The van der Waals surface area contributed by atoms with Crippen LogP contribution in [-0.2, 0) is 11.8 Å². The molecule has 2 N–H and O–H groups in total. The molecule has 0 saturated carbocycles. The van der Waals surface area contributed by atoms with Crippen molar-refractivity contribution in [1.82, 2.24) is 15.1 Å². The molecular formula is C11H18N4O. The number of aromatic nitrogens is 2. The summed E-state index contributed by atoms with van der Waals surface area (Å²) in [6.45, 7) is 3.03. The third-order valence-electron chi connectivity index (χ3n) is 2.96. The van der Waals surface area contributed by atoms with Crippen LogP contribution in [0, 0.1) is 5.92 Å². The zero-order valence-corrected chi connectivity index (χ0v) is 9.73. The van der Waals surface area contributed by atoms with Gasteiger partial charge in [-0.25, -0.2) is 0 Å². The molecule has 1 aliphatic rings. The van der Waals surface area contributed by atoms with E-state index in [1.165, 1.54) is 0 Å². The number of carbonyl (C=O) groups is 1. The van der Waals surface area contributed by atoms with Gasteiger partial charge in [0, 0.05) is 31.3 Å². The van der Waals surface area contributed by atoms with Crippen molar-refractivity contribution in [3.05, 3.63) is 12.3 Å². The summed E-state index contributed by atoms with van der Waals surface area (Å²) in [5.74, 6) is 0.837. The number of anilines is 1. The third kappa shape index (κ3) is 2.61. The van der Waals surface area contributed by atoms with Crippen molar-refractivity contribution in [3.63, 3.8) is 0 Å². The minimum absolute atomic E-state index is 0.0899. The number of rotatable bonds is 2. The number of nitrogens with zero attached hydrogens (tertiary/aromatic N) is 2. The first-order valence-electron chi connectivity index (χ1n) is 5.69. The molecule has 5 heteroatoms. The number of amides is 1. The predicted octanol–water partition coefficient (Wildman–Crippen LogP) is 0.747. The summed E-state index contributed by atoms with van der Waals surface area (Å²) in [5, 5.41) is 10.3. The van der Waals surface area contributed by atoms with E-state index < -0.39 is 0 Å². The van der Waals surface area contributed by atoms with E-state index >= 15 is 0 Å². The van der Waals surface area contributed by atoms with Crippen molar-refractivity contribution in [2.45, 2.75) is 25.8 Å². The van der Waals surface area contributed by atoms with Crippen LogP contribution >= 0.6 is 0 Å². The molecule has 5 nitrogen and oxygen atoms in total. The van der Waals surface area contributed by atoms with Crippen molar-refractivity contribution in [2.75, 3.05) is 11.9 Å². The normalized spacial score (nSPS) is 25.4. The summed E-state index contributed by atoms with van der Waals surface area (Å²) in [4.78, 5) is 11.9. The number of hydrogen-bond acceptors (Lipinski definition) is 3. The fraction of sp³-hybridized carbons (Fsp3) is 0.636. The van der Waals surface area contributed by atoms with Crippen LogP contribution in [0.3, 0.4) is 0 Å². The molecule has 0 spiro atoms. The molecule has 16 heavy (non-hydrogen) atoms. The summed E-state index contributed by atoms with van der Waals surface area (Å²) in [7, 11) is 1.84. The fourth-order valence-electron chi connectivity index (χ4n) is 2.08. The largest absolute Gasteiger partial charge is 0.314 e. The van der Waals surface area contributed by atoms with E-state index in [0.29, 0.717) is 11.9 Å². The number of nitrogens with one attached hydrogen (secondary N) is 2. The van der Waals surface area contributed by atoms with Crippen LogP contribution in [0.5, 0.6) is 0 Å². The lowest BCUT2D eigenvalue weighted by atomic mass is 9.92. The van der Waals surface area contributed by atoms with Crippen molar-refractivity contribution in [2.24, 2.45) is 13.0 Å². The zero-order chi connectivity index (χ0) is 11.5. The molecule has 0 aliphatic carbocycles. The lowest BCUT2D eigenvalue weighted by Gasteiger charge is -2.26. The Morgan fingerprint density at radius 2 is 2.50 bits per heavy atom. The van der Waals surface area contributed by atoms with Crippen LogP contribution in [-0.4, -0.2) is 28.3 Å². The lowest BCUT2D eigenvalue weighted by Crippen LogP contribution is -2.40. The van der Waals surface area contributed by atoms with Gasteiger partial charge in [-0.2, -0.15) is 5.10 Å². The van der Waals surface area contributed by atoms with Gasteiger partial charge in [-0.15, -0.1) is 0 Å². The van der Waals surface area contributed by atoms with Crippen LogP contribution in [0.1, 0.15) is 19.8 Å². The fourth-order valence-corrected chi connectivity index (χ4v) is 2.08. The van der Waals surface area contributed by atoms with Crippen molar-refractivity contribution >= 4 is 11.7 Å². The average Bonchev–Trinajstić information content (AvgIpc) is 2.64. The van der Waals surface area contributed by atoms with E-state index in [9.17, 15) is 4.79 Å². The second-order valence-corrected chi connectivity index (χ2v) is 4.44. The van der Waals surface area contributed by atoms with Crippen LogP contribution in [0.4, 0.5) is 5.82 Å². The molecule has 88 valence electrons. The van der Waals surface area contributed by atoms with E-state index in [1.807, 2.05) is 19.3 Å². The smallest absolute Gasteiger partial charge is 0.228 e. The van der Waals surface area contributed by atoms with Gasteiger partial charge in [0.1, 0.15) is 0 Å². The van der Waals surface area contributed by atoms with Crippen molar-refractivity contribution < 1.29 is 4.79 Å². The molecule has 1 aromatic rings. The summed E-state index contributed by atoms with van der Waals surface area (Å²) in [6, 6.07) is 2.23. The molecule has 0 aromatic carbocycles. The Balaban J connectivity index is 1.92. The Hall–Kier alpha value is -1.36. The Morgan fingerprint density at radius 3 is 3.12 bits per heavy atom. The topological polar surface area (TPSA) is 59.0 Å². The van der Waals surface area contributed by atoms with Gasteiger partial charge in [-0.3, -0.25) is 9.48 Å². The molecule has 2 heterocycles. The highest BCUT2D eigenvalue weighted by molar-refractivity contribution is 5.91. The second kappa shape index (κ2) is 4.65. The molecule has 1 amide bonds. The van der Waals surface area contributed by atoms with E-state index in [4.69, 9.17) is 0 Å². The number of hydrogen-bond donors (Lipinski definition) is 2. The van der Waals surface area contributed by atoms with Gasteiger partial charge in [-0.05, 0) is 26.3 Å². The second-order valence-electron chi connectivity index (χ2n) is 4.44. The zero-order valence-electron chi connectivity index (χ0n) is 9.73. The van der Waals surface area contributed by atoms with Gasteiger partial charge in [0.05, 0.1) is 0 Å². The first-order chi connectivity index (χ1) is 7.65.